The first-order valence-corrected chi connectivity index (χ1v) is 6.85. The molecule has 0 bridgehead atoms. The predicted octanol–water partition coefficient (Wildman–Crippen LogP) is 1.07. The Hall–Kier alpha value is -1.75. The molecule has 0 amide bonds. The fourth-order valence-corrected chi connectivity index (χ4v) is 2.15. The third-order valence-electron chi connectivity index (χ3n) is 3.31. The molecule has 0 radical (unpaired) electrons. The zero-order valence-corrected chi connectivity index (χ0v) is 11.6. The maximum Gasteiger partial charge on any atom is 0.0541 e. The molecule has 0 spiro atoms. The van der Waals surface area contributed by atoms with E-state index in [0.29, 0.717) is 19.6 Å². The molecule has 106 valence electrons. The van der Waals surface area contributed by atoms with Gasteiger partial charge in [0, 0.05) is 31.4 Å². The summed E-state index contributed by atoms with van der Waals surface area (Å²) in [7, 11) is 0. The lowest BCUT2D eigenvalue weighted by Crippen LogP contribution is -2.55. The van der Waals surface area contributed by atoms with Crippen LogP contribution in [0.5, 0.6) is 0 Å². The lowest BCUT2D eigenvalue weighted by atomic mass is 9.92. The Morgan fingerprint density at radius 3 is 2.45 bits per heavy atom. The molecule has 0 aliphatic carbocycles. The Kier molecular flexibility index (Phi) is 5.24. The van der Waals surface area contributed by atoms with Crippen LogP contribution in [0.15, 0.2) is 54.7 Å². The Balaban J connectivity index is 1.87. The first kappa shape index (κ1) is 14.7. The Bertz CT molecular complexity index is 500. The van der Waals surface area contributed by atoms with Gasteiger partial charge in [0.2, 0.25) is 0 Å². The van der Waals surface area contributed by atoms with Crippen LogP contribution in [0.1, 0.15) is 11.3 Å². The molecule has 4 nitrogen and oxygen atoms in total. The van der Waals surface area contributed by atoms with E-state index in [9.17, 15) is 0 Å². The molecule has 20 heavy (non-hydrogen) atoms. The maximum absolute atomic E-state index is 6.39. The Labute approximate surface area is 120 Å². The number of rotatable bonds is 7. The van der Waals surface area contributed by atoms with Gasteiger partial charge in [-0.3, -0.25) is 4.98 Å². The first-order chi connectivity index (χ1) is 9.72. The van der Waals surface area contributed by atoms with Gasteiger partial charge >= 0.3 is 0 Å². The van der Waals surface area contributed by atoms with Crippen molar-refractivity contribution >= 4 is 0 Å². The number of benzene rings is 1. The molecule has 5 N–H and O–H groups in total. The summed E-state index contributed by atoms with van der Waals surface area (Å²) in [6.07, 6.45) is 2.55. The third kappa shape index (κ3) is 4.42. The van der Waals surface area contributed by atoms with Crippen molar-refractivity contribution in [3.8, 4) is 0 Å². The monoisotopic (exact) mass is 270 g/mol. The largest absolute Gasteiger partial charge is 0.329 e. The van der Waals surface area contributed by atoms with Crippen LogP contribution < -0.4 is 16.8 Å². The first-order valence-electron chi connectivity index (χ1n) is 6.85. The van der Waals surface area contributed by atoms with Gasteiger partial charge in [0.05, 0.1) is 5.69 Å². The summed E-state index contributed by atoms with van der Waals surface area (Å²) in [6.45, 7) is 1.81. The van der Waals surface area contributed by atoms with Crippen molar-refractivity contribution in [1.29, 1.82) is 0 Å². The molecule has 1 unspecified atom stereocenters. The highest BCUT2D eigenvalue weighted by molar-refractivity contribution is 5.18. The van der Waals surface area contributed by atoms with Gasteiger partial charge < -0.3 is 16.8 Å². The van der Waals surface area contributed by atoms with E-state index in [2.05, 4.69) is 22.4 Å². The van der Waals surface area contributed by atoms with Crippen LogP contribution in [0, 0.1) is 0 Å². The minimum absolute atomic E-state index is 0.434. The summed E-state index contributed by atoms with van der Waals surface area (Å²) in [5.41, 5.74) is 14.0. The highest BCUT2D eigenvalue weighted by Crippen LogP contribution is 2.09. The molecule has 1 aromatic heterocycles. The number of nitrogens with zero attached hydrogens (tertiary/aromatic N) is 1. The van der Waals surface area contributed by atoms with Gasteiger partial charge in [-0.25, -0.2) is 0 Å². The summed E-state index contributed by atoms with van der Waals surface area (Å²) < 4.78 is 0. The van der Waals surface area contributed by atoms with E-state index >= 15 is 0 Å². The van der Waals surface area contributed by atoms with E-state index in [4.69, 9.17) is 11.5 Å². The molecule has 4 heteroatoms. The normalized spacial score (nSPS) is 13.9. The van der Waals surface area contributed by atoms with Gasteiger partial charge in [-0.15, -0.1) is 0 Å². The summed E-state index contributed by atoms with van der Waals surface area (Å²) >= 11 is 0. The second-order valence-electron chi connectivity index (χ2n) is 5.15. The molecular weight excluding hydrogens is 248 g/mol. The van der Waals surface area contributed by atoms with Crippen LogP contribution in [-0.2, 0) is 13.0 Å². The minimum Gasteiger partial charge on any atom is -0.329 e. The highest BCUT2D eigenvalue weighted by atomic mass is 15.0. The SMILES string of the molecule is NCC(N)(CNCc1ccccn1)Cc1ccccc1. The lowest BCUT2D eigenvalue weighted by molar-refractivity contribution is 0.398. The molecule has 0 saturated carbocycles. The van der Waals surface area contributed by atoms with Crippen LogP contribution in [0.4, 0.5) is 0 Å². The number of nitrogens with two attached hydrogens (primary N) is 2. The molecule has 1 atom stereocenters. The predicted molar refractivity (Wildman–Crippen MR) is 82.1 cm³/mol. The van der Waals surface area contributed by atoms with Crippen molar-refractivity contribution in [2.45, 2.75) is 18.5 Å². The van der Waals surface area contributed by atoms with E-state index in [0.717, 1.165) is 12.1 Å². The Morgan fingerprint density at radius 1 is 1.05 bits per heavy atom. The maximum atomic E-state index is 6.39. The molecule has 0 saturated heterocycles. The van der Waals surface area contributed by atoms with Gasteiger partial charge in [0.25, 0.3) is 0 Å². The van der Waals surface area contributed by atoms with Crippen molar-refractivity contribution in [2.24, 2.45) is 11.5 Å². The molecule has 1 aromatic carbocycles. The van der Waals surface area contributed by atoms with E-state index in [1.165, 1.54) is 5.56 Å². The summed E-state index contributed by atoms with van der Waals surface area (Å²) in [5, 5.41) is 3.35. The van der Waals surface area contributed by atoms with Gasteiger partial charge in [0.15, 0.2) is 0 Å². The molecule has 2 aromatic rings. The molecular formula is C16H22N4. The quantitative estimate of drug-likeness (QED) is 0.703. The summed E-state index contributed by atoms with van der Waals surface area (Å²) in [4.78, 5) is 4.27. The van der Waals surface area contributed by atoms with Gasteiger partial charge in [0.1, 0.15) is 0 Å². The van der Waals surface area contributed by atoms with E-state index in [-0.39, 0.29) is 0 Å². The van der Waals surface area contributed by atoms with Crippen molar-refractivity contribution in [2.75, 3.05) is 13.1 Å². The molecule has 2 rings (SSSR count). The highest BCUT2D eigenvalue weighted by Gasteiger charge is 2.23. The van der Waals surface area contributed by atoms with Crippen LogP contribution in [0.2, 0.25) is 0 Å². The lowest BCUT2D eigenvalue weighted by Gasteiger charge is -2.28. The van der Waals surface area contributed by atoms with Crippen LogP contribution >= 0.6 is 0 Å². The molecule has 0 aliphatic rings. The molecule has 1 heterocycles. The summed E-state index contributed by atoms with van der Waals surface area (Å²) in [6, 6.07) is 16.1. The van der Waals surface area contributed by atoms with Crippen molar-refractivity contribution in [3.63, 3.8) is 0 Å². The van der Waals surface area contributed by atoms with Gasteiger partial charge in [-0.05, 0) is 24.1 Å². The van der Waals surface area contributed by atoms with E-state index in [1.54, 1.807) is 6.20 Å². The fraction of sp³-hybridized carbons (Fsp3) is 0.312. The van der Waals surface area contributed by atoms with Crippen molar-refractivity contribution in [3.05, 3.63) is 66.0 Å². The molecule has 0 fully saturated rings. The minimum atomic E-state index is -0.434. The topological polar surface area (TPSA) is 77.0 Å². The smallest absolute Gasteiger partial charge is 0.0541 e. The second-order valence-corrected chi connectivity index (χ2v) is 5.15. The average molecular weight is 270 g/mol. The number of hydrogen-bond acceptors (Lipinski definition) is 4. The fourth-order valence-electron chi connectivity index (χ4n) is 2.15. The summed E-state index contributed by atoms with van der Waals surface area (Å²) in [5.74, 6) is 0. The van der Waals surface area contributed by atoms with Crippen LogP contribution in [-0.4, -0.2) is 23.6 Å². The van der Waals surface area contributed by atoms with E-state index < -0.39 is 5.54 Å². The van der Waals surface area contributed by atoms with Gasteiger partial charge in [-0.1, -0.05) is 36.4 Å². The van der Waals surface area contributed by atoms with Crippen LogP contribution in [0.25, 0.3) is 0 Å². The van der Waals surface area contributed by atoms with Crippen molar-refractivity contribution < 1.29 is 0 Å². The standard InChI is InChI=1S/C16H22N4/c17-12-16(18,10-14-6-2-1-3-7-14)13-19-11-15-8-4-5-9-20-15/h1-9,19H,10-13,17-18H2. The number of nitrogens with one attached hydrogen (secondary N) is 1. The third-order valence-corrected chi connectivity index (χ3v) is 3.31. The zero-order valence-electron chi connectivity index (χ0n) is 11.6. The van der Waals surface area contributed by atoms with Crippen LogP contribution in [0.3, 0.4) is 0 Å². The number of pyridine rings is 1. The van der Waals surface area contributed by atoms with Crippen molar-refractivity contribution in [1.82, 2.24) is 10.3 Å². The van der Waals surface area contributed by atoms with Gasteiger partial charge in [-0.2, -0.15) is 0 Å². The van der Waals surface area contributed by atoms with E-state index in [1.807, 2.05) is 36.4 Å². The molecule has 0 aliphatic heterocycles. The Morgan fingerprint density at radius 2 is 1.80 bits per heavy atom. The second kappa shape index (κ2) is 7.14. The number of aromatic nitrogens is 1. The number of hydrogen-bond donors (Lipinski definition) is 3. The zero-order chi connectivity index (χ0) is 14.3. The average Bonchev–Trinajstić information content (AvgIpc) is 2.49.